The second-order valence-corrected chi connectivity index (χ2v) is 11.7. The number of nitrogens with zero attached hydrogens (tertiary/aromatic N) is 3. The Labute approximate surface area is 299 Å². The van der Waals surface area contributed by atoms with Gasteiger partial charge in [0.15, 0.2) is 0 Å². The summed E-state index contributed by atoms with van der Waals surface area (Å²) in [6, 6.07) is 24.8. The van der Waals surface area contributed by atoms with Gasteiger partial charge in [0.25, 0.3) is 11.5 Å². The summed E-state index contributed by atoms with van der Waals surface area (Å²) in [6.07, 6.45) is -0.934. The third-order valence-electron chi connectivity index (χ3n) is 7.99. The molecular formula is C38H30FN3O11. The Morgan fingerprint density at radius 3 is 2.26 bits per heavy atom. The zero-order valence-electron chi connectivity index (χ0n) is 28.0. The van der Waals surface area contributed by atoms with Crippen molar-refractivity contribution in [1.82, 2.24) is 14.1 Å². The number of pyridine rings is 1. The van der Waals surface area contributed by atoms with Crippen molar-refractivity contribution in [2.45, 2.75) is 38.4 Å². The monoisotopic (exact) mass is 723 g/mol. The molecule has 0 amide bonds. The Kier molecular flexibility index (Phi) is 11.1. The van der Waals surface area contributed by atoms with Crippen molar-refractivity contribution < 1.29 is 47.3 Å². The molecule has 0 N–H and O–H groups in total. The van der Waals surface area contributed by atoms with Gasteiger partial charge < -0.3 is 23.7 Å². The van der Waals surface area contributed by atoms with E-state index in [0.717, 1.165) is 16.2 Å². The second kappa shape index (κ2) is 16.2. The number of carbonyl (C=O) groups excluding carboxylic acids is 4. The molecule has 3 heterocycles. The smallest absolute Gasteiger partial charge is 0.344 e. The van der Waals surface area contributed by atoms with Crippen LogP contribution in [-0.2, 0) is 25.6 Å². The summed E-state index contributed by atoms with van der Waals surface area (Å²) in [7, 11) is 0. The molecule has 1 aliphatic rings. The first-order chi connectivity index (χ1) is 25.6. The van der Waals surface area contributed by atoms with Crippen LogP contribution < -0.4 is 20.7 Å². The highest BCUT2D eigenvalue weighted by atomic mass is 19.1. The number of benzene rings is 3. The molecule has 1 aliphatic heterocycles. The van der Waals surface area contributed by atoms with E-state index in [9.17, 15) is 28.8 Å². The molecule has 1 saturated heterocycles. The maximum absolute atomic E-state index is 15.1. The van der Waals surface area contributed by atoms with Gasteiger partial charge in [-0.3, -0.25) is 19.0 Å². The summed E-state index contributed by atoms with van der Waals surface area (Å²) < 4.78 is 43.7. The maximum atomic E-state index is 15.1. The van der Waals surface area contributed by atoms with Crippen molar-refractivity contribution in [2.75, 3.05) is 6.61 Å². The third kappa shape index (κ3) is 8.66. The predicted octanol–water partition coefficient (Wildman–Crippen LogP) is 4.11. The zero-order valence-corrected chi connectivity index (χ0v) is 28.0. The van der Waals surface area contributed by atoms with Crippen LogP contribution in [-0.4, -0.2) is 56.7 Å². The lowest BCUT2D eigenvalue weighted by molar-refractivity contribution is -0.148. The number of rotatable bonds is 11. The van der Waals surface area contributed by atoms with Gasteiger partial charge in [0.1, 0.15) is 24.7 Å². The van der Waals surface area contributed by atoms with Gasteiger partial charge in [0.2, 0.25) is 11.7 Å². The second-order valence-electron chi connectivity index (χ2n) is 11.7. The molecule has 2 aromatic heterocycles. The molecular weight excluding hydrogens is 693 g/mol. The fourth-order valence-electron chi connectivity index (χ4n) is 5.41. The summed E-state index contributed by atoms with van der Waals surface area (Å²) in [5.74, 6) is -5.06. The maximum Gasteiger partial charge on any atom is 0.344 e. The Bertz CT molecular complexity index is 2280. The van der Waals surface area contributed by atoms with Crippen LogP contribution in [0.3, 0.4) is 0 Å². The molecule has 3 aromatic carbocycles. The quantitative estimate of drug-likeness (QED) is 0.179. The molecule has 5 aromatic rings. The molecule has 0 saturated carbocycles. The van der Waals surface area contributed by atoms with Crippen LogP contribution in [0.2, 0.25) is 0 Å². The average Bonchev–Trinajstić information content (AvgIpc) is 3.58. The van der Waals surface area contributed by atoms with E-state index in [2.05, 4.69) is 4.98 Å². The minimum absolute atomic E-state index is 0.0198. The fraction of sp³-hybridized carbons (Fsp3) is 0.184. The lowest BCUT2D eigenvalue weighted by Gasteiger charge is -2.18. The van der Waals surface area contributed by atoms with Crippen LogP contribution in [0.1, 0.15) is 56.2 Å². The summed E-state index contributed by atoms with van der Waals surface area (Å²) in [5.41, 5.74) is -2.10. The Morgan fingerprint density at radius 2 is 1.53 bits per heavy atom. The first kappa shape index (κ1) is 36.2. The number of halogens is 1. The highest BCUT2D eigenvalue weighted by molar-refractivity contribution is 5.99. The van der Waals surface area contributed by atoms with E-state index in [1.807, 2.05) is 30.3 Å². The standard InChI is InChI=1S/C38H30FN3O11/c1-23(43)49-22-31-30(50-21-24-9-4-2-5-10-24)19-33(52-31)41-20-29(39)35(45)42(38(41)48)34(44)26-13-8-14-27(17-26)37(47)51-28-15-16-40-32(18-28)53-36(46)25-11-6-3-7-12-25/h2-18,20,30-31,33H,19,21-22H2,1H3/t30-,31+,33+/m0/s1. The number of hydrogen-bond donors (Lipinski definition) is 0. The molecule has 270 valence electrons. The number of carbonyl (C=O) groups is 4. The zero-order chi connectivity index (χ0) is 37.5. The number of aromatic nitrogens is 3. The highest BCUT2D eigenvalue weighted by Gasteiger charge is 2.39. The van der Waals surface area contributed by atoms with E-state index < -0.39 is 59.3 Å². The SMILES string of the molecule is CC(=O)OC[C@H]1O[C@@H](n2cc(F)c(=O)n(C(=O)c3cccc(C(=O)Oc4ccnc(OC(=O)c5ccccc5)c4)c3)c2=O)C[C@@H]1OCc1ccccc1. The molecule has 0 bridgehead atoms. The minimum Gasteiger partial charge on any atom is -0.463 e. The Balaban J connectivity index is 1.20. The van der Waals surface area contributed by atoms with Crippen LogP contribution in [0.15, 0.2) is 119 Å². The third-order valence-corrected chi connectivity index (χ3v) is 7.99. The van der Waals surface area contributed by atoms with E-state index >= 15 is 4.39 Å². The first-order valence-electron chi connectivity index (χ1n) is 16.2. The Hall–Kier alpha value is -6.58. The molecule has 53 heavy (non-hydrogen) atoms. The summed E-state index contributed by atoms with van der Waals surface area (Å²) in [6.45, 7) is 1.13. The van der Waals surface area contributed by atoms with Crippen LogP contribution in [0, 0.1) is 5.82 Å². The van der Waals surface area contributed by atoms with Crippen LogP contribution in [0.5, 0.6) is 11.6 Å². The van der Waals surface area contributed by atoms with E-state index in [-0.39, 0.29) is 52.5 Å². The Morgan fingerprint density at radius 1 is 0.849 bits per heavy atom. The molecule has 6 rings (SSSR count). The van der Waals surface area contributed by atoms with Gasteiger partial charge in [-0.15, -0.1) is 0 Å². The van der Waals surface area contributed by atoms with Crippen molar-refractivity contribution in [2.24, 2.45) is 0 Å². The van der Waals surface area contributed by atoms with Crippen molar-refractivity contribution >= 4 is 23.8 Å². The van der Waals surface area contributed by atoms with Crippen molar-refractivity contribution in [3.8, 4) is 11.6 Å². The van der Waals surface area contributed by atoms with Gasteiger partial charge in [-0.05, 0) is 42.0 Å². The number of esters is 3. The van der Waals surface area contributed by atoms with Gasteiger partial charge in [-0.1, -0.05) is 54.6 Å². The highest BCUT2D eigenvalue weighted by Crippen LogP contribution is 2.31. The number of hydrogen-bond acceptors (Lipinski definition) is 12. The predicted molar refractivity (Wildman–Crippen MR) is 182 cm³/mol. The molecule has 14 nitrogen and oxygen atoms in total. The van der Waals surface area contributed by atoms with E-state index in [1.165, 1.54) is 43.5 Å². The van der Waals surface area contributed by atoms with Crippen LogP contribution in [0.4, 0.5) is 4.39 Å². The largest absolute Gasteiger partial charge is 0.463 e. The minimum atomic E-state index is -1.52. The summed E-state index contributed by atoms with van der Waals surface area (Å²) >= 11 is 0. The van der Waals surface area contributed by atoms with Gasteiger partial charge in [-0.25, -0.2) is 19.4 Å². The molecule has 0 aliphatic carbocycles. The lowest BCUT2D eigenvalue weighted by Crippen LogP contribution is -2.46. The summed E-state index contributed by atoms with van der Waals surface area (Å²) in [4.78, 5) is 81.1. The van der Waals surface area contributed by atoms with Gasteiger partial charge in [0.05, 0.1) is 30.0 Å². The van der Waals surface area contributed by atoms with Crippen molar-refractivity contribution in [3.05, 3.63) is 158 Å². The average molecular weight is 724 g/mol. The summed E-state index contributed by atoms with van der Waals surface area (Å²) in [5, 5.41) is 0. The normalized spacial score (nSPS) is 16.5. The molecule has 0 radical (unpaired) electrons. The first-order valence-corrected chi connectivity index (χ1v) is 16.2. The van der Waals surface area contributed by atoms with Crippen LogP contribution in [0.25, 0.3) is 0 Å². The van der Waals surface area contributed by atoms with E-state index in [4.69, 9.17) is 23.7 Å². The van der Waals surface area contributed by atoms with Gasteiger partial charge >= 0.3 is 23.6 Å². The van der Waals surface area contributed by atoms with E-state index in [1.54, 1.807) is 30.3 Å². The van der Waals surface area contributed by atoms with E-state index in [0.29, 0.717) is 6.20 Å². The molecule has 0 spiro atoms. The molecule has 1 fully saturated rings. The molecule has 0 unspecified atom stereocenters. The lowest BCUT2D eigenvalue weighted by atomic mass is 10.1. The molecule has 3 atom stereocenters. The fourth-order valence-corrected chi connectivity index (χ4v) is 5.41. The van der Waals surface area contributed by atoms with Crippen molar-refractivity contribution in [3.63, 3.8) is 0 Å². The van der Waals surface area contributed by atoms with Crippen LogP contribution >= 0.6 is 0 Å². The molecule has 15 heteroatoms. The number of ether oxygens (including phenoxy) is 5. The van der Waals surface area contributed by atoms with Gasteiger partial charge in [-0.2, -0.15) is 8.96 Å². The van der Waals surface area contributed by atoms with Gasteiger partial charge in [0, 0.05) is 31.2 Å². The topological polar surface area (TPSA) is 171 Å². The van der Waals surface area contributed by atoms with Crippen molar-refractivity contribution in [1.29, 1.82) is 0 Å².